The zero-order chi connectivity index (χ0) is 3.41. The predicted octanol–water partition coefficient (Wildman–Crippen LogP) is 1.65. The first kappa shape index (κ1) is 42.8. The van der Waals surface area contributed by atoms with Crippen molar-refractivity contribution in [2.24, 2.45) is 0 Å². The molecule has 1 N–H and O–H groups in total. The van der Waals surface area contributed by atoms with Crippen molar-refractivity contribution in [3.05, 3.63) is 0 Å². The monoisotopic (exact) mass is 264 g/mol. The SMILES string of the molecule is CCCO.Cl.Cl.Cl.[Ti].[Ti]. The number of hydrogen-bond donors (Lipinski definition) is 1. The van der Waals surface area contributed by atoms with Crippen molar-refractivity contribution in [2.45, 2.75) is 13.3 Å². The Bertz CT molecular complexity index is 19.0. The molecule has 0 aromatic carbocycles. The molecule has 1 nitrogen and oxygen atoms in total. The largest absolute Gasteiger partial charge is 0.396 e. The van der Waals surface area contributed by atoms with E-state index < -0.39 is 0 Å². The van der Waals surface area contributed by atoms with Crippen LogP contribution in [-0.4, -0.2) is 11.7 Å². The first-order valence-corrected chi connectivity index (χ1v) is 1.52. The van der Waals surface area contributed by atoms with Gasteiger partial charge in [-0.1, -0.05) is 6.92 Å². The van der Waals surface area contributed by atoms with E-state index in [-0.39, 0.29) is 80.7 Å². The maximum absolute atomic E-state index is 7.88. The van der Waals surface area contributed by atoms with Gasteiger partial charge in [-0.3, -0.25) is 0 Å². The zero-order valence-electron chi connectivity index (χ0n) is 5.09. The van der Waals surface area contributed by atoms with Crippen molar-refractivity contribution in [1.29, 1.82) is 0 Å². The van der Waals surface area contributed by atoms with Gasteiger partial charge in [0, 0.05) is 50.0 Å². The molecule has 0 bridgehead atoms. The molecule has 0 aliphatic carbocycles. The smallest absolute Gasteiger partial charge is 0.0428 e. The minimum atomic E-state index is 0. The van der Waals surface area contributed by atoms with E-state index in [2.05, 4.69) is 0 Å². The molecule has 0 rings (SSSR count). The first-order valence-electron chi connectivity index (χ1n) is 1.52. The van der Waals surface area contributed by atoms with E-state index in [0.717, 1.165) is 6.42 Å². The Kier molecular flexibility index (Phi) is 231. The Balaban J connectivity index is -0.00000000450. The van der Waals surface area contributed by atoms with Crippen molar-refractivity contribution in [1.82, 2.24) is 0 Å². The third kappa shape index (κ3) is 65.9. The summed E-state index contributed by atoms with van der Waals surface area (Å²) in [5.41, 5.74) is 0. The van der Waals surface area contributed by atoms with Crippen LogP contribution in [0.2, 0.25) is 0 Å². The molecular formula is C3H11Cl3OTi2. The number of hydrogen-bond acceptors (Lipinski definition) is 1. The minimum Gasteiger partial charge on any atom is -0.396 e. The van der Waals surface area contributed by atoms with Crippen LogP contribution < -0.4 is 0 Å². The van der Waals surface area contributed by atoms with Gasteiger partial charge in [0.15, 0.2) is 0 Å². The van der Waals surface area contributed by atoms with E-state index in [1.165, 1.54) is 0 Å². The second kappa shape index (κ2) is 48.5. The van der Waals surface area contributed by atoms with E-state index in [9.17, 15) is 0 Å². The fourth-order valence-electron chi connectivity index (χ4n) is 0. The molecular weight excluding hydrogens is 254 g/mol. The Labute approximate surface area is 105 Å². The summed E-state index contributed by atoms with van der Waals surface area (Å²) < 4.78 is 0. The van der Waals surface area contributed by atoms with E-state index in [0.29, 0.717) is 6.61 Å². The van der Waals surface area contributed by atoms with Crippen LogP contribution in [0, 0.1) is 0 Å². The molecule has 0 aliphatic heterocycles. The standard InChI is InChI=1S/C3H8O.3ClH.2Ti/c1-2-3-4;;;;;/h4H,2-3H2,1H3;3*1H;;. The molecule has 0 heterocycles. The van der Waals surface area contributed by atoms with Crippen LogP contribution in [-0.2, 0) is 43.4 Å². The van der Waals surface area contributed by atoms with Crippen molar-refractivity contribution in [3.63, 3.8) is 0 Å². The van der Waals surface area contributed by atoms with Gasteiger partial charge >= 0.3 is 0 Å². The molecule has 58 valence electrons. The topological polar surface area (TPSA) is 20.2 Å². The quantitative estimate of drug-likeness (QED) is 0.715. The summed E-state index contributed by atoms with van der Waals surface area (Å²) in [4.78, 5) is 0. The fourth-order valence-corrected chi connectivity index (χ4v) is 0. The second-order valence-corrected chi connectivity index (χ2v) is 0.724. The van der Waals surface area contributed by atoms with Crippen molar-refractivity contribution in [3.8, 4) is 0 Å². The Morgan fingerprint density at radius 2 is 1.11 bits per heavy atom. The number of rotatable bonds is 1. The van der Waals surface area contributed by atoms with Gasteiger partial charge < -0.3 is 5.11 Å². The van der Waals surface area contributed by atoms with Crippen LogP contribution in [0.15, 0.2) is 0 Å². The van der Waals surface area contributed by atoms with Crippen molar-refractivity contribution in [2.75, 3.05) is 6.61 Å². The zero-order valence-corrected chi connectivity index (χ0v) is 10.7. The summed E-state index contributed by atoms with van der Waals surface area (Å²) in [6.45, 7) is 2.25. The normalized spacial score (nSPS) is 3.33. The average molecular weight is 265 g/mol. The Hall–Kier alpha value is 2.26. The maximum atomic E-state index is 7.88. The van der Waals surface area contributed by atoms with E-state index in [4.69, 9.17) is 5.11 Å². The summed E-state index contributed by atoms with van der Waals surface area (Å²) in [5.74, 6) is 0. The van der Waals surface area contributed by atoms with Gasteiger partial charge in [-0.15, -0.1) is 37.2 Å². The molecule has 0 atom stereocenters. The van der Waals surface area contributed by atoms with Crippen LogP contribution in [0.1, 0.15) is 13.3 Å². The first-order chi connectivity index (χ1) is 1.91. The number of aliphatic hydroxyl groups excluding tert-OH is 1. The predicted molar refractivity (Wildman–Crippen MR) is 39.1 cm³/mol. The van der Waals surface area contributed by atoms with Crippen molar-refractivity contribution < 1.29 is 48.5 Å². The summed E-state index contributed by atoms with van der Waals surface area (Å²) in [6, 6.07) is 0. The van der Waals surface area contributed by atoms with Gasteiger partial charge in [-0.2, -0.15) is 0 Å². The summed E-state index contributed by atoms with van der Waals surface area (Å²) in [6.07, 6.45) is 0.875. The van der Waals surface area contributed by atoms with E-state index in [1.54, 1.807) is 0 Å². The minimum absolute atomic E-state index is 0. The van der Waals surface area contributed by atoms with Gasteiger partial charge in [0.2, 0.25) is 0 Å². The van der Waals surface area contributed by atoms with Gasteiger partial charge in [0.25, 0.3) is 0 Å². The molecule has 0 saturated carbocycles. The van der Waals surface area contributed by atoms with Gasteiger partial charge in [0.05, 0.1) is 0 Å². The third-order valence-electron chi connectivity index (χ3n) is 0.224. The van der Waals surface area contributed by atoms with Crippen LogP contribution >= 0.6 is 37.2 Å². The molecule has 0 saturated heterocycles. The van der Waals surface area contributed by atoms with Crippen LogP contribution in [0.25, 0.3) is 0 Å². The molecule has 0 aromatic heterocycles. The number of aliphatic hydroxyl groups is 1. The van der Waals surface area contributed by atoms with E-state index >= 15 is 0 Å². The Morgan fingerprint density at radius 1 is 1.00 bits per heavy atom. The molecule has 9 heavy (non-hydrogen) atoms. The van der Waals surface area contributed by atoms with Gasteiger partial charge in [-0.05, 0) is 6.42 Å². The molecule has 0 unspecified atom stereocenters. The molecule has 0 radical (unpaired) electrons. The summed E-state index contributed by atoms with van der Waals surface area (Å²) in [7, 11) is 0. The molecule has 0 aromatic rings. The van der Waals surface area contributed by atoms with Crippen LogP contribution in [0.3, 0.4) is 0 Å². The Morgan fingerprint density at radius 3 is 1.11 bits per heavy atom. The molecule has 6 heteroatoms. The summed E-state index contributed by atoms with van der Waals surface area (Å²) >= 11 is 0. The molecule has 0 spiro atoms. The van der Waals surface area contributed by atoms with Crippen LogP contribution in [0.5, 0.6) is 0 Å². The van der Waals surface area contributed by atoms with Crippen LogP contribution in [0.4, 0.5) is 0 Å². The van der Waals surface area contributed by atoms with Gasteiger partial charge in [0.1, 0.15) is 0 Å². The molecule has 0 fully saturated rings. The second-order valence-electron chi connectivity index (χ2n) is 0.724. The average Bonchev–Trinajstić information content (AvgIpc) is 1.37. The maximum Gasteiger partial charge on any atom is 0.0428 e. The summed E-state index contributed by atoms with van der Waals surface area (Å²) in [5, 5.41) is 7.88. The number of halogens is 3. The van der Waals surface area contributed by atoms with Gasteiger partial charge in [-0.25, -0.2) is 0 Å². The molecule has 0 amide bonds. The fraction of sp³-hybridized carbons (Fsp3) is 1.00. The molecule has 0 aliphatic rings. The van der Waals surface area contributed by atoms with E-state index in [1.807, 2.05) is 6.92 Å². The third-order valence-corrected chi connectivity index (χ3v) is 0.224. The van der Waals surface area contributed by atoms with Crippen molar-refractivity contribution >= 4 is 37.2 Å².